The first-order chi connectivity index (χ1) is 10.6. The van der Waals surface area contributed by atoms with E-state index in [0.29, 0.717) is 12.8 Å². The van der Waals surface area contributed by atoms with Crippen molar-refractivity contribution in [1.82, 2.24) is 10.2 Å². The van der Waals surface area contributed by atoms with Crippen molar-refractivity contribution in [3.8, 4) is 0 Å². The van der Waals surface area contributed by atoms with Gasteiger partial charge in [-0.1, -0.05) is 71.1 Å². The molecular weight excluding hydrogens is 272 g/mol. The van der Waals surface area contributed by atoms with Crippen LogP contribution in [0.5, 0.6) is 0 Å². The van der Waals surface area contributed by atoms with Gasteiger partial charge in [-0.05, 0) is 33.9 Å². The molecule has 0 aromatic rings. The smallest absolute Gasteiger partial charge is 0.221 e. The molecule has 131 valence electrons. The van der Waals surface area contributed by atoms with Crippen LogP contribution in [-0.4, -0.2) is 31.1 Å². The molecule has 0 aliphatic carbocycles. The molecule has 0 aliphatic rings. The highest BCUT2D eigenvalue weighted by atomic mass is 16.1. The number of carbonyl (C=O) groups is 1. The summed E-state index contributed by atoms with van der Waals surface area (Å²) in [5, 5.41) is 3.03. The first-order valence-electron chi connectivity index (χ1n) is 9.36. The van der Waals surface area contributed by atoms with E-state index in [4.69, 9.17) is 0 Å². The Bertz CT molecular complexity index is 254. The van der Waals surface area contributed by atoms with Crippen molar-refractivity contribution >= 4 is 5.91 Å². The molecule has 0 bridgehead atoms. The van der Waals surface area contributed by atoms with E-state index in [-0.39, 0.29) is 12.1 Å². The van der Waals surface area contributed by atoms with Gasteiger partial charge < -0.3 is 5.32 Å². The van der Waals surface area contributed by atoms with Crippen LogP contribution in [0.15, 0.2) is 0 Å². The summed E-state index contributed by atoms with van der Waals surface area (Å²) in [5.74, 6) is 0.165. The molecule has 1 atom stereocenters. The van der Waals surface area contributed by atoms with Crippen LogP contribution in [-0.2, 0) is 4.79 Å². The molecule has 0 fully saturated rings. The van der Waals surface area contributed by atoms with Gasteiger partial charge in [-0.2, -0.15) is 0 Å². The van der Waals surface area contributed by atoms with Crippen molar-refractivity contribution in [1.29, 1.82) is 0 Å². The minimum Gasteiger partial charge on any atom is -0.341 e. The van der Waals surface area contributed by atoms with E-state index >= 15 is 0 Å². The molecule has 1 N–H and O–H groups in total. The van der Waals surface area contributed by atoms with Crippen molar-refractivity contribution in [2.45, 2.75) is 96.6 Å². The fraction of sp³-hybridized carbons (Fsp3) is 0.895. The van der Waals surface area contributed by atoms with Crippen LogP contribution in [0.25, 0.3) is 0 Å². The van der Waals surface area contributed by atoms with Crippen LogP contribution < -0.4 is 5.32 Å². The van der Waals surface area contributed by atoms with Crippen LogP contribution in [0.1, 0.15) is 90.4 Å². The number of nitrogens with one attached hydrogen (secondary N) is 1. The Labute approximate surface area is 139 Å². The summed E-state index contributed by atoms with van der Waals surface area (Å²) in [6.45, 7) is 6.13. The van der Waals surface area contributed by atoms with Gasteiger partial charge in [0, 0.05) is 6.42 Å². The molecule has 1 unspecified atom stereocenters. The van der Waals surface area contributed by atoms with E-state index in [2.05, 4.69) is 19.2 Å². The number of amides is 1. The van der Waals surface area contributed by atoms with E-state index < -0.39 is 0 Å². The van der Waals surface area contributed by atoms with Gasteiger partial charge in [0.2, 0.25) is 5.91 Å². The summed E-state index contributed by atoms with van der Waals surface area (Å²) in [5.41, 5.74) is 0. The fourth-order valence-electron chi connectivity index (χ4n) is 2.67. The molecule has 1 amide bonds. The van der Waals surface area contributed by atoms with Crippen molar-refractivity contribution < 1.29 is 4.79 Å². The summed E-state index contributed by atoms with van der Waals surface area (Å²) in [7, 11) is 3.94. The lowest BCUT2D eigenvalue weighted by Crippen LogP contribution is -2.44. The highest BCUT2D eigenvalue weighted by Crippen LogP contribution is 2.12. The van der Waals surface area contributed by atoms with Crippen molar-refractivity contribution in [2.75, 3.05) is 14.1 Å². The van der Waals surface area contributed by atoms with E-state index in [1.807, 2.05) is 19.0 Å². The summed E-state index contributed by atoms with van der Waals surface area (Å²) in [4.78, 5) is 13.8. The maximum Gasteiger partial charge on any atom is 0.221 e. The third-order valence-electron chi connectivity index (χ3n) is 4.23. The zero-order valence-corrected chi connectivity index (χ0v) is 15.3. The largest absolute Gasteiger partial charge is 0.341 e. The van der Waals surface area contributed by atoms with Gasteiger partial charge in [-0.3, -0.25) is 9.69 Å². The van der Waals surface area contributed by atoms with Gasteiger partial charge in [0.15, 0.2) is 0 Å². The number of carbonyl (C=O) groups excluding carboxylic acids is 1. The Hall–Kier alpha value is -0.570. The van der Waals surface area contributed by atoms with E-state index in [0.717, 1.165) is 6.42 Å². The Balaban J connectivity index is 3.33. The van der Waals surface area contributed by atoms with Crippen LogP contribution in [0, 0.1) is 6.92 Å². The molecule has 0 saturated carbocycles. The van der Waals surface area contributed by atoms with Gasteiger partial charge in [-0.15, -0.1) is 0 Å². The van der Waals surface area contributed by atoms with E-state index in [1.54, 1.807) is 0 Å². The van der Waals surface area contributed by atoms with E-state index in [1.165, 1.54) is 64.2 Å². The molecule has 22 heavy (non-hydrogen) atoms. The number of hydrogen-bond donors (Lipinski definition) is 1. The predicted molar refractivity (Wildman–Crippen MR) is 96.7 cm³/mol. The highest BCUT2D eigenvalue weighted by Gasteiger charge is 2.11. The second kappa shape index (κ2) is 15.3. The molecule has 3 nitrogen and oxygen atoms in total. The van der Waals surface area contributed by atoms with E-state index in [9.17, 15) is 4.79 Å². The SMILES string of the molecule is [CH2]CC(NC(=O)CCCCCCCCCCCCC)N(C)C. The topological polar surface area (TPSA) is 32.3 Å². The Morgan fingerprint density at radius 2 is 1.36 bits per heavy atom. The maximum atomic E-state index is 11.8. The molecule has 0 heterocycles. The Morgan fingerprint density at radius 1 is 0.909 bits per heavy atom. The second-order valence-electron chi connectivity index (χ2n) is 6.62. The fourth-order valence-corrected chi connectivity index (χ4v) is 2.67. The van der Waals surface area contributed by atoms with Crippen molar-refractivity contribution in [3.05, 3.63) is 6.92 Å². The first-order valence-corrected chi connectivity index (χ1v) is 9.36. The minimum absolute atomic E-state index is 0.0696. The van der Waals surface area contributed by atoms with Crippen LogP contribution >= 0.6 is 0 Å². The average Bonchev–Trinajstić information content (AvgIpc) is 2.50. The molecule has 3 heteroatoms. The zero-order chi connectivity index (χ0) is 16.6. The molecule has 0 rings (SSSR count). The number of unbranched alkanes of at least 4 members (excludes halogenated alkanes) is 10. The molecule has 0 aromatic heterocycles. The van der Waals surface area contributed by atoms with Crippen molar-refractivity contribution in [3.63, 3.8) is 0 Å². The minimum atomic E-state index is 0.0696. The number of nitrogens with zero attached hydrogens (tertiary/aromatic N) is 1. The number of rotatable bonds is 15. The second-order valence-corrected chi connectivity index (χ2v) is 6.62. The molecular formula is C19H39N2O. The molecule has 0 aliphatic heterocycles. The lowest BCUT2D eigenvalue weighted by Gasteiger charge is -2.23. The van der Waals surface area contributed by atoms with Crippen LogP contribution in [0.4, 0.5) is 0 Å². The maximum absolute atomic E-state index is 11.8. The Morgan fingerprint density at radius 3 is 1.77 bits per heavy atom. The quantitative estimate of drug-likeness (QED) is 0.344. The third-order valence-corrected chi connectivity index (χ3v) is 4.23. The summed E-state index contributed by atoms with van der Waals surface area (Å²) < 4.78 is 0. The molecule has 0 spiro atoms. The van der Waals surface area contributed by atoms with Gasteiger partial charge in [0.1, 0.15) is 0 Å². The summed E-state index contributed by atoms with van der Waals surface area (Å²) in [6.07, 6.45) is 15.9. The standard InChI is InChI=1S/C19H39N2O/c1-5-7-8-9-10-11-12-13-14-15-16-17-19(22)20-18(6-2)21(3)4/h18H,2,5-17H2,1,3-4H3,(H,20,22). The average molecular weight is 312 g/mol. The lowest BCUT2D eigenvalue weighted by atomic mass is 10.1. The molecule has 0 aromatic carbocycles. The molecule has 1 radical (unpaired) electrons. The van der Waals surface area contributed by atoms with Gasteiger partial charge in [0.05, 0.1) is 6.17 Å². The predicted octanol–water partition coefficient (Wildman–Crippen LogP) is 4.92. The highest BCUT2D eigenvalue weighted by molar-refractivity contribution is 5.76. The summed E-state index contributed by atoms with van der Waals surface area (Å²) >= 11 is 0. The van der Waals surface area contributed by atoms with Gasteiger partial charge in [0.25, 0.3) is 0 Å². The lowest BCUT2D eigenvalue weighted by molar-refractivity contribution is -0.122. The number of hydrogen-bond acceptors (Lipinski definition) is 2. The van der Waals surface area contributed by atoms with Crippen LogP contribution in [0.2, 0.25) is 0 Å². The summed E-state index contributed by atoms with van der Waals surface area (Å²) in [6, 6.07) is 0. The first kappa shape index (κ1) is 21.4. The Kier molecular flexibility index (Phi) is 14.9. The van der Waals surface area contributed by atoms with Crippen molar-refractivity contribution in [2.24, 2.45) is 0 Å². The molecule has 0 saturated heterocycles. The van der Waals surface area contributed by atoms with Gasteiger partial charge >= 0.3 is 0 Å². The zero-order valence-electron chi connectivity index (χ0n) is 15.3. The van der Waals surface area contributed by atoms with Crippen LogP contribution in [0.3, 0.4) is 0 Å². The normalized spacial score (nSPS) is 12.6. The monoisotopic (exact) mass is 311 g/mol. The third kappa shape index (κ3) is 13.1. The van der Waals surface area contributed by atoms with Gasteiger partial charge in [-0.25, -0.2) is 0 Å².